The zero-order chi connectivity index (χ0) is 54.4. The first-order valence-corrected chi connectivity index (χ1v) is 27.4. The molecule has 0 aromatic heterocycles. The van der Waals surface area contributed by atoms with Crippen LogP contribution in [0.25, 0.3) is 0 Å². The Bertz CT molecular complexity index is 2950. The number of rotatable bonds is 28. The quantitative estimate of drug-likeness (QED) is 0.0466. The Labute approximate surface area is 469 Å². The highest BCUT2D eigenvalue weighted by atomic mass is 16.8. The molecule has 8 aromatic rings. The van der Waals surface area contributed by atoms with Gasteiger partial charge in [-0.1, -0.05) is 212 Å². The number of benzene rings is 8. The summed E-state index contributed by atoms with van der Waals surface area (Å²) in [5.74, 6) is 1.22. The van der Waals surface area contributed by atoms with Gasteiger partial charge in [0.1, 0.15) is 60.3 Å². The molecule has 2 fully saturated rings. The molecule has 8 aromatic carbocycles. The van der Waals surface area contributed by atoms with E-state index in [1.807, 2.05) is 237 Å². The van der Waals surface area contributed by atoms with Crippen molar-refractivity contribution in [1.29, 1.82) is 0 Å². The lowest BCUT2D eigenvalue weighted by atomic mass is 9.96. The standard InChI is InChI=1S/C68H70O12/c1-69-57-37-39-58(40-38-57)78-68-66(76-47-56-35-21-8-22-36-56)64(74-45-54-31-17-6-18-32-54)62(72-43-52-27-13-4-14-28-52)60(80-68)49-77-67-65(75-46-55-33-19-7-20-34-55)63(73-44-53-29-15-5-16-30-53)61(71-42-51-25-11-3-12-26-51)59(79-67)48-70-41-50-23-9-2-10-24-50/h2-40,59-68H,41-49H2,1H3/t59-,60-,61-,62-,63+,64+,65-,66-,67+,68+/m1/s1. The molecule has 0 radical (unpaired) electrons. The average molecular weight is 1080 g/mol. The van der Waals surface area contributed by atoms with E-state index in [1.54, 1.807) is 7.11 Å². The van der Waals surface area contributed by atoms with E-state index in [4.69, 9.17) is 56.8 Å². The Morgan fingerprint density at radius 2 is 0.562 bits per heavy atom. The van der Waals surface area contributed by atoms with E-state index in [9.17, 15) is 0 Å². The summed E-state index contributed by atoms with van der Waals surface area (Å²) < 4.78 is 82.6. The average Bonchev–Trinajstić information content (AvgIpc) is 3.60. The Kier molecular flexibility index (Phi) is 21.1. The lowest BCUT2D eigenvalue weighted by Gasteiger charge is -2.48. The van der Waals surface area contributed by atoms with Crippen LogP contribution in [0.15, 0.2) is 237 Å². The normalized spacial score (nSPS) is 22.8. The van der Waals surface area contributed by atoms with Crippen LogP contribution in [-0.2, 0) is 93.6 Å². The van der Waals surface area contributed by atoms with Gasteiger partial charge in [0.2, 0.25) is 6.29 Å². The minimum atomic E-state index is -1.04. The highest BCUT2D eigenvalue weighted by Gasteiger charge is 2.53. The van der Waals surface area contributed by atoms with Gasteiger partial charge in [0, 0.05) is 0 Å². The first-order valence-electron chi connectivity index (χ1n) is 27.4. The monoisotopic (exact) mass is 1080 g/mol. The van der Waals surface area contributed by atoms with Gasteiger partial charge in [-0.05, 0) is 63.2 Å². The van der Waals surface area contributed by atoms with Crippen LogP contribution in [0, 0.1) is 0 Å². The molecule has 80 heavy (non-hydrogen) atoms. The van der Waals surface area contributed by atoms with E-state index < -0.39 is 61.4 Å². The molecule has 0 amide bonds. The van der Waals surface area contributed by atoms with Crippen molar-refractivity contribution >= 4 is 0 Å². The zero-order valence-electron chi connectivity index (χ0n) is 45.1. The topological polar surface area (TPSA) is 111 Å². The van der Waals surface area contributed by atoms with Crippen LogP contribution in [0.1, 0.15) is 38.9 Å². The third kappa shape index (κ3) is 16.3. The first-order chi connectivity index (χ1) is 39.6. The molecule has 2 heterocycles. The maximum Gasteiger partial charge on any atom is 0.229 e. The van der Waals surface area contributed by atoms with Crippen molar-refractivity contribution in [2.75, 3.05) is 20.3 Å². The molecule has 12 nitrogen and oxygen atoms in total. The van der Waals surface area contributed by atoms with Crippen LogP contribution < -0.4 is 9.47 Å². The van der Waals surface area contributed by atoms with Crippen molar-refractivity contribution in [3.05, 3.63) is 276 Å². The van der Waals surface area contributed by atoms with E-state index >= 15 is 0 Å². The summed E-state index contributed by atoms with van der Waals surface area (Å²) in [5, 5.41) is 0. The molecular formula is C68H70O12. The smallest absolute Gasteiger partial charge is 0.229 e. The zero-order valence-corrected chi connectivity index (χ0v) is 45.1. The molecule has 0 bridgehead atoms. The largest absolute Gasteiger partial charge is 0.497 e. The third-order valence-corrected chi connectivity index (χ3v) is 14.0. The molecule has 10 atom stereocenters. The predicted molar refractivity (Wildman–Crippen MR) is 303 cm³/mol. The van der Waals surface area contributed by atoms with Crippen LogP contribution in [0.5, 0.6) is 11.5 Å². The fraction of sp³-hybridized carbons (Fsp3) is 0.294. The molecule has 0 unspecified atom stereocenters. The molecule has 2 aliphatic rings. The van der Waals surface area contributed by atoms with E-state index in [-0.39, 0.29) is 52.9 Å². The Morgan fingerprint density at radius 3 is 0.925 bits per heavy atom. The van der Waals surface area contributed by atoms with E-state index in [1.165, 1.54) is 0 Å². The molecular weight excluding hydrogens is 1010 g/mol. The summed E-state index contributed by atoms with van der Waals surface area (Å²) >= 11 is 0. The first kappa shape index (κ1) is 56.2. The van der Waals surface area contributed by atoms with Crippen molar-refractivity contribution in [2.24, 2.45) is 0 Å². The molecule has 414 valence electrons. The fourth-order valence-electron chi connectivity index (χ4n) is 9.83. The maximum atomic E-state index is 7.19. The second-order valence-electron chi connectivity index (χ2n) is 19.8. The second kappa shape index (κ2) is 30.0. The summed E-state index contributed by atoms with van der Waals surface area (Å²) in [4.78, 5) is 0. The van der Waals surface area contributed by atoms with Gasteiger partial charge < -0.3 is 56.8 Å². The highest BCUT2D eigenvalue weighted by Crippen LogP contribution is 2.36. The van der Waals surface area contributed by atoms with Crippen molar-refractivity contribution in [3.8, 4) is 11.5 Å². The Balaban J connectivity index is 1.02. The molecule has 0 aliphatic carbocycles. The van der Waals surface area contributed by atoms with Gasteiger partial charge in [0.25, 0.3) is 0 Å². The van der Waals surface area contributed by atoms with Gasteiger partial charge in [-0.3, -0.25) is 0 Å². The summed E-state index contributed by atoms with van der Waals surface area (Å²) in [5.41, 5.74) is 6.88. The number of methoxy groups -OCH3 is 1. The molecule has 0 N–H and O–H groups in total. The molecule has 2 saturated heterocycles. The summed E-state index contributed by atoms with van der Waals surface area (Å²) in [6, 6.07) is 77.7. The van der Waals surface area contributed by atoms with Crippen LogP contribution >= 0.6 is 0 Å². The fourth-order valence-corrected chi connectivity index (χ4v) is 9.83. The lowest BCUT2D eigenvalue weighted by molar-refractivity contribution is -0.346. The molecule has 0 spiro atoms. The van der Waals surface area contributed by atoms with Gasteiger partial charge in [0.05, 0.1) is 66.6 Å². The van der Waals surface area contributed by atoms with Crippen molar-refractivity contribution < 1.29 is 56.8 Å². The highest BCUT2D eigenvalue weighted by molar-refractivity contribution is 5.31. The molecule has 10 rings (SSSR count). The van der Waals surface area contributed by atoms with Gasteiger partial charge in [-0.15, -0.1) is 0 Å². The summed E-state index contributed by atoms with van der Waals surface area (Å²) in [7, 11) is 1.63. The second-order valence-corrected chi connectivity index (χ2v) is 19.8. The molecule has 2 aliphatic heterocycles. The van der Waals surface area contributed by atoms with Crippen LogP contribution in [0.4, 0.5) is 0 Å². The minimum Gasteiger partial charge on any atom is -0.497 e. The SMILES string of the molecule is COc1ccc(O[C@H]2O[C@H](CO[C@H]3O[C@H](COCc4ccccc4)[C@@H](OCc4ccccc4)[C@H](OCc4ccccc4)[C@H]3OCc3ccccc3)[C@@H](OCc3ccccc3)[C@H](OCc3ccccc3)[C@H]2OCc2ccccc2)cc1. The lowest BCUT2D eigenvalue weighted by Crippen LogP contribution is -2.64. The third-order valence-electron chi connectivity index (χ3n) is 14.0. The summed E-state index contributed by atoms with van der Waals surface area (Å²) in [6.45, 7) is 1.97. The van der Waals surface area contributed by atoms with E-state index in [2.05, 4.69) is 0 Å². The predicted octanol–water partition coefficient (Wildman–Crippen LogP) is 12.3. The Morgan fingerprint density at radius 1 is 0.275 bits per heavy atom. The van der Waals surface area contributed by atoms with E-state index in [0.717, 1.165) is 38.9 Å². The van der Waals surface area contributed by atoms with Crippen LogP contribution in [0.3, 0.4) is 0 Å². The van der Waals surface area contributed by atoms with Crippen molar-refractivity contribution in [1.82, 2.24) is 0 Å². The number of hydrogen-bond donors (Lipinski definition) is 0. The number of hydrogen-bond acceptors (Lipinski definition) is 12. The van der Waals surface area contributed by atoms with Gasteiger partial charge in [0.15, 0.2) is 6.29 Å². The van der Waals surface area contributed by atoms with Gasteiger partial charge >= 0.3 is 0 Å². The Hall–Kier alpha value is -7.04. The van der Waals surface area contributed by atoms with Gasteiger partial charge in [-0.25, -0.2) is 0 Å². The van der Waals surface area contributed by atoms with Crippen molar-refractivity contribution in [2.45, 2.75) is 108 Å². The van der Waals surface area contributed by atoms with Crippen LogP contribution in [0.2, 0.25) is 0 Å². The van der Waals surface area contributed by atoms with Gasteiger partial charge in [-0.2, -0.15) is 0 Å². The van der Waals surface area contributed by atoms with Crippen LogP contribution in [-0.4, -0.2) is 81.7 Å². The van der Waals surface area contributed by atoms with E-state index in [0.29, 0.717) is 18.1 Å². The maximum absolute atomic E-state index is 7.19. The summed E-state index contributed by atoms with van der Waals surface area (Å²) in [6.07, 6.45) is -8.18. The van der Waals surface area contributed by atoms with Crippen molar-refractivity contribution in [3.63, 3.8) is 0 Å². The molecule has 0 saturated carbocycles. The minimum absolute atomic E-state index is 0.0626. The molecule has 12 heteroatoms. The number of ether oxygens (including phenoxy) is 12.